The van der Waals surface area contributed by atoms with Crippen LogP contribution < -0.4 is 0 Å². The molecule has 0 aliphatic rings. The lowest BCUT2D eigenvalue weighted by molar-refractivity contribution is -0.138. The van der Waals surface area contributed by atoms with Crippen molar-refractivity contribution >= 4 is 28.3 Å². The Bertz CT molecular complexity index is 1250. The number of carbonyl (C=O) groups is 1. The van der Waals surface area contributed by atoms with Crippen molar-refractivity contribution in [2.45, 2.75) is 12.6 Å². The van der Waals surface area contributed by atoms with Gasteiger partial charge >= 0.3 is 6.18 Å². The van der Waals surface area contributed by atoms with Crippen LogP contribution in [-0.2, 0) is 17.4 Å². The van der Waals surface area contributed by atoms with Gasteiger partial charge in [0, 0.05) is 23.6 Å². The van der Waals surface area contributed by atoms with Gasteiger partial charge in [-0.1, -0.05) is 72.8 Å². The Hall–Kier alpha value is -3.73. The minimum Gasteiger partial charge on any atom is -0.294 e. The van der Waals surface area contributed by atoms with Crippen molar-refractivity contribution in [3.8, 4) is 0 Å². The molecule has 5 heteroatoms. The first-order chi connectivity index (χ1) is 14.9. The number of carbonyl (C=O) groups excluding carboxylic acids is 1. The van der Waals surface area contributed by atoms with Gasteiger partial charge in [-0.25, -0.2) is 0 Å². The number of halogens is 3. The van der Waals surface area contributed by atoms with E-state index in [-0.39, 0.29) is 11.1 Å². The van der Waals surface area contributed by atoms with E-state index in [4.69, 9.17) is 0 Å². The molecule has 0 N–H and O–H groups in total. The van der Waals surface area contributed by atoms with Crippen LogP contribution >= 0.6 is 0 Å². The second-order valence-electron chi connectivity index (χ2n) is 7.10. The number of fused-ring (bicyclic) bond motifs is 1. The molecule has 1 aromatic heterocycles. The monoisotopic (exact) mass is 417 g/mol. The molecule has 2 nitrogen and oxygen atoms in total. The summed E-state index contributed by atoms with van der Waals surface area (Å²) >= 11 is 0. The van der Waals surface area contributed by atoms with E-state index < -0.39 is 23.9 Å². The van der Waals surface area contributed by atoms with Gasteiger partial charge in [0.15, 0.2) is 5.78 Å². The van der Waals surface area contributed by atoms with Gasteiger partial charge in [0.1, 0.15) is 0 Å². The molecule has 0 fully saturated rings. The summed E-state index contributed by atoms with van der Waals surface area (Å²) in [7, 11) is 0. The van der Waals surface area contributed by atoms with Gasteiger partial charge in [-0.3, -0.25) is 9.78 Å². The Morgan fingerprint density at radius 2 is 1.52 bits per heavy atom. The molecule has 31 heavy (non-hydrogen) atoms. The zero-order valence-corrected chi connectivity index (χ0v) is 16.4. The van der Waals surface area contributed by atoms with Crippen LogP contribution in [0.5, 0.6) is 0 Å². The molecule has 0 atom stereocenters. The zero-order chi connectivity index (χ0) is 21.8. The van der Waals surface area contributed by atoms with Gasteiger partial charge < -0.3 is 0 Å². The Morgan fingerprint density at radius 3 is 2.19 bits per heavy atom. The van der Waals surface area contributed by atoms with E-state index in [2.05, 4.69) is 4.98 Å². The predicted molar refractivity (Wildman–Crippen MR) is 116 cm³/mol. The first-order valence-electron chi connectivity index (χ1n) is 9.72. The highest BCUT2D eigenvalue weighted by molar-refractivity contribution is 6.26. The number of hydrogen-bond donors (Lipinski definition) is 0. The van der Waals surface area contributed by atoms with Gasteiger partial charge in [0.25, 0.3) is 0 Å². The van der Waals surface area contributed by atoms with Crippen LogP contribution in [0.1, 0.15) is 22.3 Å². The molecule has 0 amide bonds. The highest BCUT2D eigenvalue weighted by Gasteiger charge is 2.35. The molecule has 0 aliphatic carbocycles. The van der Waals surface area contributed by atoms with Crippen LogP contribution in [0, 0.1) is 0 Å². The number of rotatable bonds is 5. The number of aromatic nitrogens is 1. The molecule has 0 bridgehead atoms. The van der Waals surface area contributed by atoms with E-state index in [1.54, 1.807) is 42.5 Å². The number of Topliss-reactive ketones (excluding diaryl/α,β-unsaturated/α-hetero) is 1. The van der Waals surface area contributed by atoms with Crippen molar-refractivity contribution in [3.63, 3.8) is 0 Å². The van der Waals surface area contributed by atoms with Crippen molar-refractivity contribution in [1.29, 1.82) is 0 Å². The minimum absolute atomic E-state index is 0.106. The smallest absolute Gasteiger partial charge is 0.294 e. The Kier molecular flexibility index (Phi) is 5.67. The molecule has 0 saturated carbocycles. The Morgan fingerprint density at radius 1 is 0.839 bits per heavy atom. The van der Waals surface area contributed by atoms with Crippen LogP contribution in [0.3, 0.4) is 0 Å². The lowest BCUT2D eigenvalue weighted by atomic mass is 9.91. The number of nitrogens with zero attached hydrogens (tertiary/aromatic N) is 1. The summed E-state index contributed by atoms with van der Waals surface area (Å²) in [6.45, 7) is 0. The molecular formula is C26H18F3NO. The molecule has 0 unspecified atom stereocenters. The molecule has 0 radical (unpaired) electrons. The van der Waals surface area contributed by atoms with E-state index in [1.165, 1.54) is 12.3 Å². The van der Waals surface area contributed by atoms with Crippen molar-refractivity contribution in [1.82, 2.24) is 4.98 Å². The van der Waals surface area contributed by atoms with E-state index in [0.29, 0.717) is 16.5 Å². The third-order valence-corrected chi connectivity index (χ3v) is 5.02. The topological polar surface area (TPSA) is 30.0 Å². The maximum Gasteiger partial charge on any atom is 0.416 e. The second-order valence-corrected chi connectivity index (χ2v) is 7.10. The van der Waals surface area contributed by atoms with Crippen LogP contribution in [0.15, 0.2) is 91.1 Å². The second kappa shape index (κ2) is 8.56. The molecule has 3 aromatic carbocycles. The van der Waals surface area contributed by atoms with Crippen molar-refractivity contribution in [2.24, 2.45) is 0 Å². The molecular weight excluding hydrogens is 399 g/mol. The lowest BCUT2D eigenvalue weighted by Crippen LogP contribution is -2.14. The van der Waals surface area contributed by atoms with E-state index in [1.807, 2.05) is 36.4 Å². The third-order valence-electron chi connectivity index (χ3n) is 5.02. The standard InChI is InChI=1S/C26H18F3NO/c27-26(28,29)23-14-13-20-12-7-15-30-25(20)22(23)17-24(31)21(19-10-5-2-6-11-19)16-18-8-3-1-4-9-18/h1-16H,17H2/b21-16+. The summed E-state index contributed by atoms with van der Waals surface area (Å²) < 4.78 is 41.2. The van der Waals surface area contributed by atoms with E-state index >= 15 is 0 Å². The average molecular weight is 417 g/mol. The van der Waals surface area contributed by atoms with Crippen LogP contribution in [0.25, 0.3) is 22.6 Å². The SMILES string of the molecule is O=C(Cc1c(C(F)(F)F)ccc2cccnc12)/C(=C/c1ccccc1)c1ccccc1. The highest BCUT2D eigenvalue weighted by atomic mass is 19.4. The van der Waals surface area contributed by atoms with Gasteiger partial charge in [0.2, 0.25) is 0 Å². The summed E-state index contributed by atoms with van der Waals surface area (Å²) in [6, 6.07) is 24.0. The number of ketones is 1. The molecule has 4 aromatic rings. The molecule has 0 saturated heterocycles. The van der Waals surface area contributed by atoms with Crippen LogP contribution in [0.2, 0.25) is 0 Å². The lowest BCUT2D eigenvalue weighted by Gasteiger charge is -2.15. The number of allylic oxidation sites excluding steroid dienone is 1. The first-order valence-corrected chi connectivity index (χ1v) is 9.72. The highest BCUT2D eigenvalue weighted by Crippen LogP contribution is 2.36. The summed E-state index contributed by atoms with van der Waals surface area (Å²) in [5.41, 5.74) is 1.05. The van der Waals surface area contributed by atoms with Crippen LogP contribution in [-0.4, -0.2) is 10.8 Å². The zero-order valence-electron chi connectivity index (χ0n) is 16.4. The normalized spacial score (nSPS) is 12.2. The Labute approximate surface area is 177 Å². The van der Waals surface area contributed by atoms with Crippen molar-refractivity contribution in [3.05, 3.63) is 113 Å². The molecule has 0 spiro atoms. The molecule has 4 rings (SSSR count). The quantitative estimate of drug-likeness (QED) is 0.270. The summed E-state index contributed by atoms with van der Waals surface area (Å²) in [5.74, 6) is -0.404. The third kappa shape index (κ3) is 4.56. The summed E-state index contributed by atoms with van der Waals surface area (Å²) in [6.07, 6.45) is -1.84. The fourth-order valence-corrected chi connectivity index (χ4v) is 3.56. The van der Waals surface area contributed by atoms with Crippen molar-refractivity contribution < 1.29 is 18.0 Å². The van der Waals surface area contributed by atoms with Gasteiger partial charge in [-0.15, -0.1) is 0 Å². The predicted octanol–water partition coefficient (Wildman–Crippen LogP) is 6.61. The minimum atomic E-state index is -4.59. The maximum absolute atomic E-state index is 13.7. The molecule has 154 valence electrons. The Balaban J connectivity index is 1.83. The number of alkyl halides is 3. The maximum atomic E-state index is 13.7. The fraction of sp³-hybridized carbons (Fsp3) is 0.0769. The number of hydrogen-bond acceptors (Lipinski definition) is 2. The fourth-order valence-electron chi connectivity index (χ4n) is 3.56. The number of pyridine rings is 1. The average Bonchev–Trinajstić information content (AvgIpc) is 2.78. The van der Waals surface area contributed by atoms with Crippen LogP contribution in [0.4, 0.5) is 13.2 Å². The molecule has 0 aliphatic heterocycles. The summed E-state index contributed by atoms with van der Waals surface area (Å²) in [5, 5.41) is 0.562. The largest absolute Gasteiger partial charge is 0.416 e. The van der Waals surface area contributed by atoms with Gasteiger partial charge in [-0.2, -0.15) is 13.2 Å². The van der Waals surface area contributed by atoms with Crippen molar-refractivity contribution in [2.75, 3.05) is 0 Å². The summed E-state index contributed by atoms with van der Waals surface area (Å²) in [4.78, 5) is 17.5. The first kappa shape index (κ1) is 20.5. The number of benzene rings is 3. The van der Waals surface area contributed by atoms with E-state index in [9.17, 15) is 18.0 Å². The van der Waals surface area contributed by atoms with E-state index in [0.717, 1.165) is 11.6 Å². The van der Waals surface area contributed by atoms with Gasteiger partial charge in [0.05, 0.1) is 11.1 Å². The molecule has 1 heterocycles. The van der Waals surface area contributed by atoms with Gasteiger partial charge in [-0.05, 0) is 34.9 Å².